The molecule has 0 fully saturated rings. The Bertz CT molecular complexity index is 984. The number of thiophene rings is 1. The van der Waals surface area contributed by atoms with Crippen LogP contribution in [0.4, 0.5) is 0 Å². The summed E-state index contributed by atoms with van der Waals surface area (Å²) < 4.78 is 15.9. The van der Waals surface area contributed by atoms with Gasteiger partial charge < -0.3 is 24.8 Å². The highest BCUT2D eigenvalue weighted by molar-refractivity contribution is 7.10. The van der Waals surface area contributed by atoms with Crippen LogP contribution in [0.25, 0.3) is 11.1 Å². The van der Waals surface area contributed by atoms with Gasteiger partial charge in [0.15, 0.2) is 17.5 Å². The zero-order valence-corrected chi connectivity index (χ0v) is 18.5. The lowest BCUT2D eigenvalue weighted by atomic mass is 10.1. The van der Waals surface area contributed by atoms with E-state index in [4.69, 9.17) is 14.2 Å². The van der Waals surface area contributed by atoms with E-state index in [0.29, 0.717) is 24.6 Å². The van der Waals surface area contributed by atoms with Gasteiger partial charge in [-0.05, 0) is 52.4 Å². The number of ether oxygens (including phenoxy) is 3. The number of benzene rings is 2. The molecular formula is C23H27N3O3S. The molecule has 2 N–H and O–H groups in total. The maximum atomic E-state index is 5.36. The van der Waals surface area contributed by atoms with Gasteiger partial charge in [-0.15, -0.1) is 11.3 Å². The second-order valence-corrected chi connectivity index (χ2v) is 7.49. The Balaban J connectivity index is 1.55. The predicted octanol–water partition coefficient (Wildman–Crippen LogP) is 4.31. The molecule has 0 aliphatic carbocycles. The number of nitrogens with one attached hydrogen (secondary N) is 2. The highest BCUT2D eigenvalue weighted by Crippen LogP contribution is 2.28. The minimum Gasteiger partial charge on any atom is -0.497 e. The summed E-state index contributed by atoms with van der Waals surface area (Å²) in [7, 11) is 6.71. The second kappa shape index (κ2) is 10.5. The SMILES string of the molecule is CN=C(NCc1ccc(OC)c(OC)c1)NCc1cc(-c2ccc(OC)cc2)cs1. The van der Waals surface area contributed by atoms with E-state index < -0.39 is 0 Å². The fraction of sp³-hybridized carbons (Fsp3) is 0.261. The number of guanidine groups is 1. The smallest absolute Gasteiger partial charge is 0.191 e. The fourth-order valence-electron chi connectivity index (χ4n) is 2.98. The zero-order chi connectivity index (χ0) is 21.3. The number of methoxy groups -OCH3 is 3. The van der Waals surface area contributed by atoms with Crippen LogP contribution in [0.3, 0.4) is 0 Å². The fourth-order valence-corrected chi connectivity index (χ4v) is 3.81. The van der Waals surface area contributed by atoms with Gasteiger partial charge in [-0.25, -0.2) is 0 Å². The lowest BCUT2D eigenvalue weighted by Crippen LogP contribution is -2.36. The van der Waals surface area contributed by atoms with Crippen molar-refractivity contribution in [3.05, 3.63) is 64.4 Å². The number of hydrogen-bond donors (Lipinski definition) is 2. The molecule has 0 saturated heterocycles. The second-order valence-electron chi connectivity index (χ2n) is 6.50. The molecule has 30 heavy (non-hydrogen) atoms. The monoisotopic (exact) mass is 425 g/mol. The van der Waals surface area contributed by atoms with Gasteiger partial charge >= 0.3 is 0 Å². The summed E-state index contributed by atoms with van der Waals surface area (Å²) in [5, 5.41) is 8.86. The minimum atomic E-state index is 0.627. The summed E-state index contributed by atoms with van der Waals surface area (Å²) in [5.74, 6) is 3.03. The van der Waals surface area contributed by atoms with Crippen molar-refractivity contribution in [1.82, 2.24) is 10.6 Å². The van der Waals surface area contributed by atoms with Crippen LogP contribution in [0.5, 0.6) is 17.2 Å². The van der Waals surface area contributed by atoms with E-state index in [2.05, 4.69) is 39.2 Å². The number of nitrogens with zero attached hydrogens (tertiary/aromatic N) is 1. The molecule has 0 aliphatic rings. The van der Waals surface area contributed by atoms with Gasteiger partial charge in [0, 0.05) is 18.5 Å². The third-order valence-corrected chi connectivity index (χ3v) is 5.58. The summed E-state index contributed by atoms with van der Waals surface area (Å²) in [6, 6.07) is 16.2. The molecular weight excluding hydrogens is 398 g/mol. The third kappa shape index (κ3) is 5.45. The Morgan fingerprint density at radius 2 is 1.57 bits per heavy atom. The first kappa shape index (κ1) is 21.5. The van der Waals surface area contributed by atoms with Gasteiger partial charge in [0.1, 0.15) is 5.75 Å². The van der Waals surface area contributed by atoms with Crippen LogP contribution < -0.4 is 24.8 Å². The zero-order valence-electron chi connectivity index (χ0n) is 17.7. The van der Waals surface area contributed by atoms with Crippen LogP contribution in [0.1, 0.15) is 10.4 Å². The molecule has 1 heterocycles. The van der Waals surface area contributed by atoms with Gasteiger partial charge in [-0.2, -0.15) is 0 Å². The first-order valence-electron chi connectivity index (χ1n) is 9.54. The Labute approximate surface area is 181 Å². The average molecular weight is 426 g/mol. The van der Waals surface area contributed by atoms with Gasteiger partial charge in [0.2, 0.25) is 0 Å². The predicted molar refractivity (Wildman–Crippen MR) is 123 cm³/mol. The van der Waals surface area contributed by atoms with Crippen LogP contribution in [0.15, 0.2) is 58.9 Å². The molecule has 0 atom stereocenters. The third-order valence-electron chi connectivity index (χ3n) is 4.64. The van der Waals surface area contributed by atoms with E-state index in [1.165, 1.54) is 16.0 Å². The van der Waals surface area contributed by atoms with Crippen molar-refractivity contribution in [1.29, 1.82) is 0 Å². The van der Waals surface area contributed by atoms with E-state index in [0.717, 1.165) is 17.3 Å². The molecule has 0 aliphatic heterocycles. The van der Waals surface area contributed by atoms with Crippen molar-refractivity contribution < 1.29 is 14.2 Å². The molecule has 0 amide bonds. The van der Waals surface area contributed by atoms with Gasteiger partial charge in [0.25, 0.3) is 0 Å². The lowest BCUT2D eigenvalue weighted by molar-refractivity contribution is 0.354. The van der Waals surface area contributed by atoms with E-state index in [1.54, 1.807) is 39.7 Å². The molecule has 1 aromatic heterocycles. The normalized spacial score (nSPS) is 11.1. The molecule has 0 bridgehead atoms. The molecule has 0 unspecified atom stereocenters. The molecule has 2 aromatic carbocycles. The summed E-state index contributed by atoms with van der Waals surface area (Å²) in [6.45, 7) is 1.33. The highest BCUT2D eigenvalue weighted by Gasteiger charge is 2.07. The van der Waals surface area contributed by atoms with Crippen LogP contribution in [0, 0.1) is 0 Å². The number of aliphatic imine (C=N–C) groups is 1. The summed E-state index contributed by atoms with van der Waals surface area (Å²) in [5.41, 5.74) is 3.45. The van der Waals surface area contributed by atoms with Crippen LogP contribution in [-0.2, 0) is 13.1 Å². The van der Waals surface area contributed by atoms with E-state index >= 15 is 0 Å². The molecule has 7 heteroatoms. The van der Waals surface area contributed by atoms with Crippen LogP contribution in [-0.4, -0.2) is 34.3 Å². The average Bonchev–Trinajstić information content (AvgIpc) is 3.28. The largest absolute Gasteiger partial charge is 0.497 e. The van der Waals surface area contributed by atoms with E-state index in [1.807, 2.05) is 30.3 Å². The Kier molecular flexibility index (Phi) is 7.57. The van der Waals surface area contributed by atoms with Gasteiger partial charge in [-0.3, -0.25) is 4.99 Å². The topological polar surface area (TPSA) is 64.1 Å². The molecule has 3 aromatic rings. The summed E-state index contributed by atoms with van der Waals surface area (Å²) in [6.07, 6.45) is 0. The first-order chi connectivity index (χ1) is 14.7. The minimum absolute atomic E-state index is 0.627. The molecule has 0 spiro atoms. The van der Waals surface area contributed by atoms with Crippen molar-refractivity contribution in [2.75, 3.05) is 28.4 Å². The first-order valence-corrected chi connectivity index (χ1v) is 10.4. The Morgan fingerprint density at radius 1 is 0.833 bits per heavy atom. The standard InChI is InChI=1S/C23H27N3O3S/c1-24-23(25-13-16-5-10-21(28-3)22(11-16)29-4)26-14-20-12-18(15-30-20)17-6-8-19(27-2)9-7-17/h5-12,15H,13-14H2,1-4H3,(H2,24,25,26). The lowest BCUT2D eigenvalue weighted by Gasteiger charge is -2.13. The molecule has 3 rings (SSSR count). The van der Waals surface area contributed by atoms with Crippen molar-refractivity contribution >= 4 is 17.3 Å². The number of hydrogen-bond acceptors (Lipinski definition) is 5. The van der Waals surface area contributed by atoms with Crippen LogP contribution >= 0.6 is 11.3 Å². The van der Waals surface area contributed by atoms with Crippen molar-refractivity contribution in [2.45, 2.75) is 13.1 Å². The van der Waals surface area contributed by atoms with Crippen molar-refractivity contribution in [2.24, 2.45) is 4.99 Å². The quantitative estimate of drug-likeness (QED) is 0.416. The summed E-state index contributed by atoms with van der Waals surface area (Å²) in [4.78, 5) is 5.54. The van der Waals surface area contributed by atoms with Gasteiger partial charge in [0.05, 0.1) is 27.9 Å². The molecule has 0 saturated carbocycles. The maximum Gasteiger partial charge on any atom is 0.191 e. The summed E-state index contributed by atoms with van der Waals surface area (Å²) >= 11 is 1.72. The maximum absolute atomic E-state index is 5.36. The van der Waals surface area contributed by atoms with Crippen LogP contribution in [0.2, 0.25) is 0 Å². The van der Waals surface area contributed by atoms with E-state index in [9.17, 15) is 0 Å². The van der Waals surface area contributed by atoms with E-state index in [-0.39, 0.29) is 0 Å². The Morgan fingerprint density at radius 3 is 2.23 bits per heavy atom. The molecule has 0 radical (unpaired) electrons. The van der Waals surface area contributed by atoms with Crippen molar-refractivity contribution in [3.8, 4) is 28.4 Å². The Hall–Kier alpha value is -3.19. The molecule has 6 nitrogen and oxygen atoms in total. The molecule has 158 valence electrons. The van der Waals surface area contributed by atoms with Gasteiger partial charge in [-0.1, -0.05) is 18.2 Å². The van der Waals surface area contributed by atoms with Crippen molar-refractivity contribution in [3.63, 3.8) is 0 Å². The highest BCUT2D eigenvalue weighted by atomic mass is 32.1. The number of rotatable bonds is 8.